The summed E-state index contributed by atoms with van der Waals surface area (Å²) in [7, 11) is 2.36. The minimum atomic E-state index is -3.08. The molecule has 0 saturated carbocycles. The monoisotopic (exact) mass is 490 g/mol. The molecule has 4 rings (SSSR count). The van der Waals surface area contributed by atoms with Gasteiger partial charge in [-0.25, -0.2) is 0 Å². The summed E-state index contributed by atoms with van der Waals surface area (Å²) in [6.07, 6.45) is 7.18. The van der Waals surface area contributed by atoms with E-state index in [2.05, 4.69) is 105 Å². The first-order valence-electron chi connectivity index (χ1n) is 10.2. The molecule has 2 aromatic rings. The van der Waals surface area contributed by atoms with Crippen molar-refractivity contribution >= 4 is 43.6 Å². The summed E-state index contributed by atoms with van der Waals surface area (Å²) in [4.78, 5) is 0. The van der Waals surface area contributed by atoms with Crippen LogP contribution in [0, 0.1) is 0 Å². The Balaban J connectivity index is 0.00000160. The molecule has 0 unspecified atom stereocenters. The van der Waals surface area contributed by atoms with Gasteiger partial charge in [0, 0.05) is 0 Å². The Morgan fingerprint density at radius 2 is 0.967 bits per heavy atom. The Morgan fingerprint density at radius 3 is 1.30 bits per heavy atom. The Morgan fingerprint density at radius 1 is 0.633 bits per heavy atom. The molecule has 2 aliphatic carbocycles. The van der Waals surface area contributed by atoms with Crippen molar-refractivity contribution in [3.8, 4) is 0 Å². The van der Waals surface area contributed by atoms with E-state index >= 15 is 0 Å². The molecular weight excluding hydrogens is 459 g/mol. The van der Waals surface area contributed by atoms with Crippen molar-refractivity contribution in [2.75, 3.05) is 0 Å². The molecule has 4 heteroatoms. The maximum absolute atomic E-state index is 3.08. The van der Waals surface area contributed by atoms with E-state index in [0.717, 1.165) is 12.8 Å². The van der Waals surface area contributed by atoms with Gasteiger partial charge >= 0.3 is 173 Å². The fourth-order valence-electron chi connectivity index (χ4n) is 4.88. The molecule has 0 heterocycles. The number of hydrogen-bond acceptors (Lipinski definition) is 0. The van der Waals surface area contributed by atoms with Crippen molar-refractivity contribution in [1.82, 2.24) is 0 Å². The second kappa shape index (κ2) is 9.19. The summed E-state index contributed by atoms with van der Waals surface area (Å²) >= 11 is -3.08. The normalized spacial score (nSPS) is 16.7. The third-order valence-electron chi connectivity index (χ3n) is 6.45. The summed E-state index contributed by atoms with van der Waals surface area (Å²) < 4.78 is 3.48. The molecule has 0 saturated heterocycles. The third-order valence-corrected chi connectivity index (χ3v) is 17.4. The van der Waals surface area contributed by atoms with E-state index in [0.29, 0.717) is 0 Å². The zero-order chi connectivity index (χ0) is 20.0. The van der Waals surface area contributed by atoms with Crippen LogP contribution >= 0.6 is 24.8 Å². The van der Waals surface area contributed by atoms with Crippen LogP contribution in [0.5, 0.6) is 0 Å². The first-order valence-corrected chi connectivity index (χ1v) is 18.9. The summed E-state index contributed by atoms with van der Waals surface area (Å²) in [5.74, 6) is 0. The number of benzene rings is 2. The average Bonchev–Trinajstić information content (AvgIpc) is 3.27. The average molecular weight is 491 g/mol. The maximum atomic E-state index is 2.64. The molecule has 0 nitrogen and oxygen atoms in total. The van der Waals surface area contributed by atoms with E-state index in [4.69, 9.17) is 0 Å². The van der Waals surface area contributed by atoms with Gasteiger partial charge in [-0.3, -0.25) is 0 Å². The van der Waals surface area contributed by atoms with Gasteiger partial charge in [0.15, 0.2) is 0 Å². The minimum absolute atomic E-state index is 0. The molecule has 30 heavy (non-hydrogen) atoms. The van der Waals surface area contributed by atoms with Crippen LogP contribution < -0.4 is 0 Å². The maximum Gasteiger partial charge on any atom is -0.147 e. The topological polar surface area (TPSA) is 0 Å². The van der Waals surface area contributed by atoms with Crippen molar-refractivity contribution in [3.63, 3.8) is 0 Å². The largest absolute Gasteiger partial charge is 0.147 e. The van der Waals surface area contributed by atoms with Crippen molar-refractivity contribution in [3.05, 3.63) is 103 Å². The SMILES string of the molecule is CC1=CC(c2ccccc2)=[C]([Ti]([CH3])([CH3])(=[SiH2])[C]2=C(c3ccccc3)C=C(C)C2)C1.Cl.Cl. The smallest absolute Gasteiger partial charge is 0.147 e. The van der Waals surface area contributed by atoms with Crippen LogP contribution in [0.4, 0.5) is 0 Å². The van der Waals surface area contributed by atoms with E-state index in [9.17, 15) is 0 Å². The van der Waals surface area contributed by atoms with Crippen molar-refractivity contribution < 1.29 is 14.0 Å². The number of hydrogen-bond donors (Lipinski definition) is 0. The Bertz CT molecular complexity index is 1040. The first-order chi connectivity index (χ1) is 13.2. The van der Waals surface area contributed by atoms with E-state index in [1.54, 1.807) is 7.76 Å². The van der Waals surface area contributed by atoms with E-state index in [1.807, 2.05) is 0 Å². The molecular formula is C26H32Cl2SiTi. The van der Waals surface area contributed by atoms with Gasteiger partial charge in [0.05, 0.1) is 0 Å². The molecule has 0 aromatic heterocycles. The molecule has 0 aliphatic heterocycles. The molecule has 0 bridgehead atoms. The van der Waals surface area contributed by atoms with Crippen molar-refractivity contribution in [2.24, 2.45) is 0 Å². The predicted octanol–water partition coefficient (Wildman–Crippen LogP) is 7.69. The predicted molar refractivity (Wildman–Crippen MR) is 138 cm³/mol. The standard InChI is InChI=1S/2C12H11.2CH3.2ClH.H2Si.Ti/c2*1-10-7-8-12(9-10)11-5-3-2-4-6-11;;;;;;/h2*2-6,9H,7H2,1H3;2*1H3;2*1H;1H2;. The zero-order valence-electron chi connectivity index (χ0n) is 18.4. The Kier molecular flexibility index (Phi) is 7.71. The van der Waals surface area contributed by atoms with E-state index in [1.165, 1.54) is 33.4 Å². The van der Waals surface area contributed by atoms with Gasteiger partial charge < -0.3 is 0 Å². The number of rotatable bonds is 4. The van der Waals surface area contributed by atoms with Crippen LogP contribution in [0.3, 0.4) is 0 Å². The molecule has 0 amide bonds. The van der Waals surface area contributed by atoms with Gasteiger partial charge in [-0.2, -0.15) is 0 Å². The third kappa shape index (κ3) is 4.57. The fraction of sp³-hybridized carbons (Fsp3) is 0.231. The molecule has 0 radical (unpaired) electrons. The molecule has 2 aliphatic rings. The molecule has 158 valence electrons. The van der Waals surface area contributed by atoms with Crippen LogP contribution in [0.25, 0.3) is 11.1 Å². The van der Waals surface area contributed by atoms with Crippen molar-refractivity contribution in [2.45, 2.75) is 37.1 Å². The number of allylic oxidation sites excluding steroid dienone is 8. The first kappa shape index (κ1) is 25.2. The minimum Gasteiger partial charge on any atom is -0.147 e. The van der Waals surface area contributed by atoms with Crippen LogP contribution in [0.1, 0.15) is 37.8 Å². The summed E-state index contributed by atoms with van der Waals surface area (Å²) in [6.45, 7) is 4.60. The van der Waals surface area contributed by atoms with Gasteiger partial charge in [-0.15, -0.1) is 24.8 Å². The van der Waals surface area contributed by atoms with Crippen LogP contribution in [0.15, 0.2) is 91.7 Å². The summed E-state index contributed by atoms with van der Waals surface area (Å²) in [6, 6.07) is 22.0. The van der Waals surface area contributed by atoms with E-state index < -0.39 is 14.0 Å². The Labute approximate surface area is 196 Å². The molecule has 0 spiro atoms. The van der Waals surface area contributed by atoms with Crippen LogP contribution in [-0.2, 0) is 14.0 Å². The quantitative estimate of drug-likeness (QED) is 0.385. The summed E-state index contributed by atoms with van der Waals surface area (Å²) in [5.41, 5.74) is 8.77. The molecule has 0 atom stereocenters. The Hall–Kier alpha value is -1.09. The molecule has 2 aromatic carbocycles. The van der Waals surface area contributed by atoms with E-state index in [-0.39, 0.29) is 24.8 Å². The zero-order valence-corrected chi connectivity index (χ0v) is 23.0. The van der Waals surface area contributed by atoms with Crippen LogP contribution in [-0.4, -0.2) is 7.63 Å². The van der Waals surface area contributed by atoms with Gasteiger partial charge in [0.25, 0.3) is 0 Å². The van der Waals surface area contributed by atoms with Gasteiger partial charge in [-0.05, 0) is 0 Å². The second-order valence-corrected chi connectivity index (χ2v) is 28.6. The van der Waals surface area contributed by atoms with Crippen LogP contribution in [0.2, 0.25) is 10.5 Å². The second-order valence-electron chi connectivity index (χ2n) is 9.54. The number of halogens is 2. The van der Waals surface area contributed by atoms with Gasteiger partial charge in [0.2, 0.25) is 0 Å². The fourth-order valence-corrected chi connectivity index (χ4v) is 14.1. The van der Waals surface area contributed by atoms with Gasteiger partial charge in [0.1, 0.15) is 0 Å². The van der Waals surface area contributed by atoms with Crippen molar-refractivity contribution in [1.29, 1.82) is 0 Å². The molecule has 0 N–H and O–H groups in total. The van der Waals surface area contributed by atoms with Gasteiger partial charge in [-0.1, -0.05) is 0 Å². The molecule has 0 fully saturated rings. The summed E-state index contributed by atoms with van der Waals surface area (Å²) in [5, 5.41) is 5.29.